The van der Waals surface area contributed by atoms with E-state index in [1.807, 2.05) is 20.8 Å². The minimum atomic E-state index is -0.912. The van der Waals surface area contributed by atoms with Gasteiger partial charge in [-0.2, -0.15) is 5.10 Å². The van der Waals surface area contributed by atoms with E-state index in [2.05, 4.69) is 10.2 Å². The molecule has 112 valence electrons. The first-order chi connectivity index (χ1) is 9.21. The summed E-state index contributed by atoms with van der Waals surface area (Å²) in [5.74, 6) is -0.912. The fourth-order valence-corrected chi connectivity index (χ4v) is 1.84. The number of nitrogens with zero attached hydrogens (tertiary/aromatic N) is 3. The van der Waals surface area contributed by atoms with Gasteiger partial charge in [-0.15, -0.1) is 0 Å². The fourth-order valence-electron chi connectivity index (χ4n) is 1.84. The van der Waals surface area contributed by atoms with Gasteiger partial charge in [-0.25, -0.2) is 4.79 Å². The molecule has 0 aromatic carbocycles. The molecule has 0 spiro atoms. The topological polar surface area (TPSA) is 89.5 Å². The van der Waals surface area contributed by atoms with Crippen LogP contribution in [0.2, 0.25) is 0 Å². The van der Waals surface area contributed by atoms with E-state index in [9.17, 15) is 9.59 Å². The van der Waals surface area contributed by atoms with Crippen molar-refractivity contribution in [3.05, 3.63) is 18.0 Å². The minimum absolute atomic E-state index is 0.0669. The number of carboxylic acid groups (broad SMARTS) is 1. The Balaban J connectivity index is 2.73. The van der Waals surface area contributed by atoms with Crippen molar-refractivity contribution in [2.24, 2.45) is 0 Å². The normalized spacial score (nSPS) is 11.2. The Morgan fingerprint density at radius 1 is 1.40 bits per heavy atom. The fraction of sp³-hybridized carbons (Fsp3) is 0.615. The predicted octanol–water partition coefficient (Wildman–Crippen LogP) is 1.54. The molecule has 2 N–H and O–H groups in total. The van der Waals surface area contributed by atoms with Gasteiger partial charge in [-0.05, 0) is 20.8 Å². The van der Waals surface area contributed by atoms with Crippen LogP contribution in [0.3, 0.4) is 0 Å². The van der Waals surface area contributed by atoms with Crippen molar-refractivity contribution in [1.29, 1.82) is 0 Å². The smallest absolute Gasteiger partial charge is 0.320 e. The number of hydrogen-bond acceptors (Lipinski definition) is 3. The lowest BCUT2D eigenvalue weighted by Gasteiger charge is -2.38. The van der Waals surface area contributed by atoms with Crippen LogP contribution >= 0.6 is 0 Å². The third-order valence-electron chi connectivity index (χ3n) is 2.89. The Labute approximate surface area is 118 Å². The largest absolute Gasteiger partial charge is 0.481 e. The zero-order valence-corrected chi connectivity index (χ0v) is 12.4. The summed E-state index contributed by atoms with van der Waals surface area (Å²) in [4.78, 5) is 26.3. The molecule has 7 nitrogen and oxygen atoms in total. The number of urea groups is 1. The lowest BCUT2D eigenvalue weighted by Crippen LogP contribution is -2.51. The van der Waals surface area contributed by atoms with Crippen LogP contribution in [0.25, 0.3) is 0 Å². The van der Waals surface area contributed by atoms with E-state index in [1.54, 1.807) is 29.2 Å². The maximum atomic E-state index is 12.5. The summed E-state index contributed by atoms with van der Waals surface area (Å²) >= 11 is 0. The zero-order valence-electron chi connectivity index (χ0n) is 12.4. The Hall–Kier alpha value is -2.05. The van der Waals surface area contributed by atoms with Crippen LogP contribution in [0.1, 0.15) is 32.8 Å². The van der Waals surface area contributed by atoms with Gasteiger partial charge in [0.15, 0.2) is 0 Å². The summed E-state index contributed by atoms with van der Waals surface area (Å²) in [6.07, 6.45) is 3.31. The summed E-state index contributed by atoms with van der Waals surface area (Å²) in [6, 6.07) is -0.194. The third-order valence-corrected chi connectivity index (χ3v) is 2.89. The number of aromatic nitrogens is 2. The molecule has 1 aromatic heterocycles. The monoisotopic (exact) mass is 282 g/mol. The van der Waals surface area contributed by atoms with Crippen LogP contribution < -0.4 is 0 Å². The van der Waals surface area contributed by atoms with Gasteiger partial charge >= 0.3 is 12.0 Å². The molecule has 0 atom stereocenters. The lowest BCUT2D eigenvalue weighted by molar-refractivity contribution is -0.137. The molecule has 0 aliphatic rings. The molecular weight excluding hydrogens is 260 g/mol. The highest BCUT2D eigenvalue weighted by Gasteiger charge is 2.29. The zero-order chi connectivity index (χ0) is 15.3. The number of amides is 2. The molecule has 0 saturated heterocycles. The van der Waals surface area contributed by atoms with Crippen molar-refractivity contribution in [2.45, 2.75) is 39.3 Å². The van der Waals surface area contributed by atoms with Gasteiger partial charge in [0, 0.05) is 30.9 Å². The summed E-state index contributed by atoms with van der Waals surface area (Å²) < 4.78 is 0. The number of carboxylic acids is 1. The van der Waals surface area contributed by atoms with E-state index in [0.717, 1.165) is 5.56 Å². The number of carbonyl (C=O) groups excluding carboxylic acids is 1. The molecule has 0 radical (unpaired) electrons. The first kappa shape index (κ1) is 16.0. The summed E-state index contributed by atoms with van der Waals surface area (Å²) in [5, 5.41) is 15.3. The molecule has 1 heterocycles. The Bertz CT molecular complexity index is 451. The lowest BCUT2D eigenvalue weighted by atomic mass is 10.1. The maximum Gasteiger partial charge on any atom is 0.320 e. The summed E-state index contributed by atoms with van der Waals surface area (Å²) in [6.45, 7) is 6.28. The Kier molecular flexibility index (Phi) is 5.12. The van der Waals surface area contributed by atoms with Gasteiger partial charge in [-0.3, -0.25) is 9.89 Å². The van der Waals surface area contributed by atoms with Gasteiger partial charge in [0.05, 0.1) is 19.2 Å². The van der Waals surface area contributed by atoms with E-state index in [4.69, 9.17) is 5.11 Å². The molecule has 20 heavy (non-hydrogen) atoms. The first-order valence-corrected chi connectivity index (χ1v) is 6.44. The highest BCUT2D eigenvalue weighted by Crippen LogP contribution is 2.17. The second kappa shape index (κ2) is 6.40. The van der Waals surface area contributed by atoms with Gasteiger partial charge in [0.25, 0.3) is 0 Å². The van der Waals surface area contributed by atoms with Crippen molar-refractivity contribution < 1.29 is 14.7 Å². The average molecular weight is 282 g/mol. The van der Waals surface area contributed by atoms with Crippen LogP contribution in [0.4, 0.5) is 4.79 Å². The molecular formula is C13H22N4O3. The third kappa shape index (κ3) is 4.56. The van der Waals surface area contributed by atoms with Gasteiger partial charge in [0.2, 0.25) is 0 Å². The summed E-state index contributed by atoms with van der Waals surface area (Å²) in [7, 11) is 1.69. The predicted molar refractivity (Wildman–Crippen MR) is 74.2 cm³/mol. The van der Waals surface area contributed by atoms with E-state index in [0.29, 0.717) is 6.54 Å². The van der Waals surface area contributed by atoms with Gasteiger partial charge < -0.3 is 14.9 Å². The SMILES string of the molecule is CN(Cc1cn[nH]c1)C(=O)N(CCC(=O)O)C(C)(C)C. The number of aromatic amines is 1. The summed E-state index contributed by atoms with van der Waals surface area (Å²) in [5.41, 5.74) is 0.463. The van der Waals surface area contributed by atoms with Crippen LogP contribution in [0.15, 0.2) is 12.4 Å². The highest BCUT2D eigenvalue weighted by molar-refractivity contribution is 5.76. The Morgan fingerprint density at radius 3 is 2.50 bits per heavy atom. The van der Waals surface area contributed by atoms with Crippen LogP contribution in [0, 0.1) is 0 Å². The molecule has 0 saturated carbocycles. The van der Waals surface area contributed by atoms with Gasteiger partial charge in [0.1, 0.15) is 0 Å². The second-order valence-corrected chi connectivity index (χ2v) is 5.71. The number of hydrogen-bond donors (Lipinski definition) is 2. The second-order valence-electron chi connectivity index (χ2n) is 5.71. The quantitative estimate of drug-likeness (QED) is 0.857. The molecule has 2 amide bonds. The van der Waals surface area contributed by atoms with Crippen molar-refractivity contribution >= 4 is 12.0 Å². The van der Waals surface area contributed by atoms with Crippen molar-refractivity contribution in [2.75, 3.05) is 13.6 Å². The van der Waals surface area contributed by atoms with Crippen LogP contribution in [-0.4, -0.2) is 56.2 Å². The average Bonchev–Trinajstić information content (AvgIpc) is 2.79. The van der Waals surface area contributed by atoms with Crippen molar-refractivity contribution in [3.63, 3.8) is 0 Å². The van der Waals surface area contributed by atoms with Crippen LogP contribution in [-0.2, 0) is 11.3 Å². The van der Waals surface area contributed by atoms with E-state index < -0.39 is 11.5 Å². The highest BCUT2D eigenvalue weighted by atomic mass is 16.4. The molecule has 1 rings (SSSR count). The molecule has 0 aliphatic heterocycles. The van der Waals surface area contributed by atoms with Crippen molar-refractivity contribution in [3.8, 4) is 0 Å². The number of aliphatic carboxylic acids is 1. The molecule has 0 aliphatic carbocycles. The standard InChI is InChI=1S/C13H22N4O3/c1-13(2,3)17(6-5-11(18)19)12(20)16(4)9-10-7-14-15-8-10/h7-8H,5-6,9H2,1-4H3,(H,14,15)(H,18,19). The van der Waals surface area contributed by atoms with Gasteiger partial charge in [-0.1, -0.05) is 0 Å². The first-order valence-electron chi connectivity index (χ1n) is 6.44. The number of nitrogens with one attached hydrogen (secondary N) is 1. The van der Waals surface area contributed by atoms with E-state index in [1.165, 1.54) is 0 Å². The van der Waals surface area contributed by atoms with E-state index >= 15 is 0 Å². The number of rotatable bonds is 5. The molecule has 0 bridgehead atoms. The number of H-pyrrole nitrogens is 1. The van der Waals surface area contributed by atoms with Crippen molar-refractivity contribution in [1.82, 2.24) is 20.0 Å². The molecule has 7 heteroatoms. The molecule has 0 unspecified atom stereocenters. The van der Waals surface area contributed by atoms with Crippen LogP contribution in [0.5, 0.6) is 0 Å². The maximum absolute atomic E-state index is 12.5. The van der Waals surface area contributed by atoms with E-state index in [-0.39, 0.29) is 19.0 Å². The molecule has 1 aromatic rings. The Morgan fingerprint density at radius 2 is 2.05 bits per heavy atom. The number of carbonyl (C=O) groups is 2. The minimum Gasteiger partial charge on any atom is -0.481 e. The molecule has 0 fully saturated rings.